The third kappa shape index (κ3) is 4.98. The molecule has 1 amide bonds. The average molecular weight is 492 g/mol. The van der Waals surface area contributed by atoms with Crippen LogP contribution in [0.5, 0.6) is 11.5 Å². The molecule has 32 heavy (non-hydrogen) atoms. The molecular formula is C24H20Cl2FNO3S. The summed E-state index contributed by atoms with van der Waals surface area (Å²) in [4.78, 5) is 14.4. The lowest BCUT2D eigenvalue weighted by molar-refractivity contribution is -0.115. The Bertz CT molecular complexity index is 1110. The number of anilines is 1. The predicted molar refractivity (Wildman–Crippen MR) is 127 cm³/mol. The molecule has 0 radical (unpaired) electrons. The Morgan fingerprint density at radius 2 is 1.78 bits per heavy atom. The van der Waals surface area contributed by atoms with Crippen molar-refractivity contribution in [3.63, 3.8) is 0 Å². The highest BCUT2D eigenvalue weighted by atomic mass is 35.5. The number of thioether (sulfide) groups is 1. The number of hydrogen-bond acceptors (Lipinski definition) is 4. The second-order valence-corrected chi connectivity index (χ2v) is 8.99. The Morgan fingerprint density at radius 3 is 2.47 bits per heavy atom. The van der Waals surface area contributed by atoms with Crippen LogP contribution < -0.4 is 14.4 Å². The summed E-state index contributed by atoms with van der Waals surface area (Å²) in [6, 6.07) is 16.9. The van der Waals surface area contributed by atoms with Gasteiger partial charge < -0.3 is 9.47 Å². The summed E-state index contributed by atoms with van der Waals surface area (Å²) in [5.41, 5.74) is 2.40. The normalized spacial score (nSPS) is 15.8. The number of carbonyl (C=O) groups excluding carboxylic acids is 1. The number of halogens is 3. The van der Waals surface area contributed by atoms with Gasteiger partial charge in [-0.2, -0.15) is 0 Å². The van der Waals surface area contributed by atoms with Crippen LogP contribution in [0.4, 0.5) is 10.1 Å². The fourth-order valence-electron chi connectivity index (χ4n) is 3.42. The maximum Gasteiger partial charge on any atom is 0.238 e. The monoisotopic (exact) mass is 491 g/mol. The van der Waals surface area contributed by atoms with Crippen LogP contribution in [0, 0.1) is 5.82 Å². The van der Waals surface area contributed by atoms with E-state index in [1.54, 1.807) is 35.2 Å². The summed E-state index contributed by atoms with van der Waals surface area (Å²) >= 11 is 14.1. The molecule has 8 heteroatoms. The van der Waals surface area contributed by atoms with Crippen LogP contribution in [0.25, 0.3) is 0 Å². The number of ether oxygens (including phenoxy) is 2. The van der Waals surface area contributed by atoms with E-state index in [2.05, 4.69) is 0 Å². The molecule has 0 spiro atoms. The summed E-state index contributed by atoms with van der Waals surface area (Å²) in [6.07, 6.45) is 0. The van der Waals surface area contributed by atoms with Crippen LogP contribution in [0.1, 0.15) is 23.4 Å². The van der Waals surface area contributed by atoms with Gasteiger partial charge in [-0.05, 0) is 66.6 Å². The first-order valence-corrected chi connectivity index (χ1v) is 11.8. The van der Waals surface area contributed by atoms with Gasteiger partial charge in [0.15, 0.2) is 11.5 Å². The van der Waals surface area contributed by atoms with Crippen molar-refractivity contribution in [2.24, 2.45) is 0 Å². The fraction of sp³-hybridized carbons (Fsp3) is 0.208. The van der Waals surface area contributed by atoms with Crippen LogP contribution in [0.15, 0.2) is 60.7 Å². The van der Waals surface area contributed by atoms with Crippen molar-refractivity contribution in [1.29, 1.82) is 0 Å². The van der Waals surface area contributed by atoms with Crippen molar-refractivity contribution in [3.05, 3.63) is 87.7 Å². The van der Waals surface area contributed by atoms with Crippen LogP contribution in [0.2, 0.25) is 10.0 Å². The minimum absolute atomic E-state index is 0.00745. The average Bonchev–Trinajstić information content (AvgIpc) is 3.16. The molecule has 1 fully saturated rings. The molecule has 0 aliphatic carbocycles. The quantitative estimate of drug-likeness (QED) is 0.360. The molecule has 3 aromatic carbocycles. The number of nitrogens with zero attached hydrogens (tertiary/aromatic N) is 1. The minimum atomic E-state index is -0.306. The van der Waals surface area contributed by atoms with E-state index in [0.29, 0.717) is 33.9 Å². The molecule has 3 aromatic rings. The van der Waals surface area contributed by atoms with Gasteiger partial charge in [-0.15, -0.1) is 11.8 Å². The zero-order chi connectivity index (χ0) is 22.7. The van der Waals surface area contributed by atoms with E-state index in [4.69, 9.17) is 32.7 Å². The van der Waals surface area contributed by atoms with E-state index in [-0.39, 0.29) is 23.7 Å². The van der Waals surface area contributed by atoms with Crippen molar-refractivity contribution in [2.45, 2.75) is 18.9 Å². The van der Waals surface area contributed by atoms with Crippen molar-refractivity contribution < 1.29 is 18.7 Å². The first-order valence-electron chi connectivity index (χ1n) is 9.99. The molecule has 4 nitrogen and oxygen atoms in total. The largest absolute Gasteiger partial charge is 0.490 e. The molecule has 0 saturated carbocycles. The van der Waals surface area contributed by atoms with Gasteiger partial charge in [0, 0.05) is 10.7 Å². The van der Waals surface area contributed by atoms with Gasteiger partial charge in [0.1, 0.15) is 17.8 Å². The lowest BCUT2D eigenvalue weighted by Gasteiger charge is -2.25. The van der Waals surface area contributed by atoms with E-state index < -0.39 is 0 Å². The Labute approximate surface area is 200 Å². The summed E-state index contributed by atoms with van der Waals surface area (Å²) in [5, 5.41) is 0.726. The second kappa shape index (κ2) is 10.0. The number of carbonyl (C=O) groups is 1. The van der Waals surface area contributed by atoms with Gasteiger partial charge in [-0.3, -0.25) is 9.69 Å². The molecule has 1 atom stereocenters. The maximum atomic E-state index is 13.2. The molecule has 4 rings (SSSR count). The lowest BCUT2D eigenvalue weighted by Crippen LogP contribution is -2.27. The molecule has 1 aliphatic rings. The summed E-state index contributed by atoms with van der Waals surface area (Å²) in [6.45, 7) is 2.51. The molecule has 0 bridgehead atoms. The highest BCUT2D eigenvalue weighted by molar-refractivity contribution is 8.00. The fourth-order valence-corrected chi connectivity index (χ4v) is 4.98. The van der Waals surface area contributed by atoms with Gasteiger partial charge in [-0.1, -0.05) is 35.3 Å². The van der Waals surface area contributed by atoms with Gasteiger partial charge in [0.25, 0.3) is 0 Å². The van der Waals surface area contributed by atoms with E-state index in [1.165, 1.54) is 23.9 Å². The topological polar surface area (TPSA) is 38.8 Å². The summed E-state index contributed by atoms with van der Waals surface area (Å²) in [7, 11) is 0. The minimum Gasteiger partial charge on any atom is -0.490 e. The molecule has 1 saturated heterocycles. The molecular weight excluding hydrogens is 472 g/mol. The summed E-state index contributed by atoms with van der Waals surface area (Å²) < 4.78 is 24.9. The third-order valence-electron chi connectivity index (χ3n) is 4.89. The Kier molecular flexibility index (Phi) is 7.13. The smallest absolute Gasteiger partial charge is 0.238 e. The van der Waals surface area contributed by atoms with Crippen molar-refractivity contribution in [1.82, 2.24) is 0 Å². The Hall–Kier alpha value is -2.41. The van der Waals surface area contributed by atoms with Gasteiger partial charge in [-0.25, -0.2) is 4.39 Å². The number of rotatable bonds is 7. The Morgan fingerprint density at radius 1 is 1.06 bits per heavy atom. The molecule has 0 aromatic heterocycles. The van der Waals surface area contributed by atoms with Gasteiger partial charge in [0.05, 0.1) is 17.4 Å². The van der Waals surface area contributed by atoms with E-state index in [9.17, 15) is 9.18 Å². The zero-order valence-corrected chi connectivity index (χ0v) is 19.5. The number of hydrogen-bond donors (Lipinski definition) is 0. The first-order chi connectivity index (χ1) is 15.5. The van der Waals surface area contributed by atoms with E-state index >= 15 is 0 Å². The van der Waals surface area contributed by atoms with Gasteiger partial charge in [0.2, 0.25) is 5.91 Å². The van der Waals surface area contributed by atoms with E-state index in [1.807, 2.05) is 25.1 Å². The van der Waals surface area contributed by atoms with Crippen LogP contribution in [0.3, 0.4) is 0 Å². The number of benzene rings is 3. The van der Waals surface area contributed by atoms with E-state index in [0.717, 1.165) is 16.8 Å². The first kappa shape index (κ1) is 22.8. The molecule has 0 unspecified atom stereocenters. The third-order valence-corrected chi connectivity index (χ3v) is 6.63. The molecule has 1 heterocycles. The maximum absolute atomic E-state index is 13.2. The van der Waals surface area contributed by atoms with Crippen LogP contribution in [-0.2, 0) is 11.4 Å². The van der Waals surface area contributed by atoms with Crippen molar-refractivity contribution in [2.75, 3.05) is 17.3 Å². The standard InChI is InChI=1S/C24H20Cl2FNO3S/c1-2-30-21-12-16(11-20(26)23(21)31-13-15-3-7-18(27)8-4-15)24-28(22(29)14-32-24)19-9-5-17(25)6-10-19/h3-12,24H,2,13-14H2,1H3/t24-/m1/s1. The lowest BCUT2D eigenvalue weighted by atomic mass is 10.1. The van der Waals surface area contributed by atoms with Gasteiger partial charge >= 0.3 is 0 Å². The predicted octanol–water partition coefficient (Wildman–Crippen LogP) is 6.89. The second-order valence-electron chi connectivity index (χ2n) is 7.08. The summed E-state index contributed by atoms with van der Waals surface area (Å²) in [5.74, 6) is 0.965. The molecule has 166 valence electrons. The zero-order valence-electron chi connectivity index (χ0n) is 17.2. The Balaban J connectivity index is 1.63. The molecule has 1 aliphatic heterocycles. The molecule has 0 N–H and O–H groups in total. The highest BCUT2D eigenvalue weighted by Crippen LogP contribution is 2.46. The van der Waals surface area contributed by atoms with Crippen LogP contribution >= 0.6 is 35.0 Å². The number of amides is 1. The van der Waals surface area contributed by atoms with Crippen molar-refractivity contribution in [3.8, 4) is 11.5 Å². The van der Waals surface area contributed by atoms with Crippen LogP contribution in [-0.4, -0.2) is 18.3 Å². The SMILES string of the molecule is CCOc1cc([C@H]2SCC(=O)N2c2ccc(Cl)cc2)cc(Cl)c1OCc1ccc(F)cc1. The highest BCUT2D eigenvalue weighted by Gasteiger charge is 2.35. The van der Waals surface area contributed by atoms with Crippen molar-refractivity contribution >= 4 is 46.6 Å².